The molecule has 1 aromatic rings. The van der Waals surface area contributed by atoms with Crippen molar-refractivity contribution in [2.45, 2.75) is 26.2 Å². The highest BCUT2D eigenvalue weighted by Crippen LogP contribution is 2.25. The quantitative estimate of drug-likeness (QED) is 0.565. The number of carboxylic acids is 1. The van der Waals surface area contributed by atoms with E-state index >= 15 is 0 Å². The van der Waals surface area contributed by atoms with E-state index in [2.05, 4.69) is 0 Å². The van der Waals surface area contributed by atoms with Crippen molar-refractivity contribution in [2.24, 2.45) is 0 Å². The van der Waals surface area contributed by atoms with Gasteiger partial charge in [-0.1, -0.05) is 29.8 Å². The Bertz CT molecular complexity index is 422. The third-order valence-corrected chi connectivity index (χ3v) is 2.72. The van der Waals surface area contributed by atoms with Gasteiger partial charge in [0.1, 0.15) is 5.41 Å². The maximum absolute atomic E-state index is 11.7. The molecule has 0 aromatic heterocycles. The van der Waals surface area contributed by atoms with Crippen LogP contribution < -0.4 is 5.11 Å². The highest BCUT2D eigenvalue weighted by atomic mass is 16.5. The van der Waals surface area contributed by atoms with E-state index < -0.39 is 17.4 Å². The van der Waals surface area contributed by atoms with E-state index in [1.54, 1.807) is 31.2 Å². The topological polar surface area (TPSA) is 66.4 Å². The van der Waals surface area contributed by atoms with Gasteiger partial charge in [-0.2, -0.15) is 0 Å². The van der Waals surface area contributed by atoms with Crippen LogP contribution >= 0.6 is 0 Å². The number of carbonyl (C=O) groups excluding carboxylic acids is 2. The number of aryl methyl sites for hydroxylation is 1. The smallest absolute Gasteiger partial charge is 0.322 e. The molecule has 0 aliphatic heterocycles. The van der Waals surface area contributed by atoms with E-state index in [1.165, 1.54) is 6.92 Å². The molecule has 0 amide bonds. The van der Waals surface area contributed by atoms with E-state index in [0.29, 0.717) is 5.56 Å². The number of carbonyl (C=O) groups is 2. The van der Waals surface area contributed by atoms with Gasteiger partial charge in [0.25, 0.3) is 0 Å². The molecular formula is C13H15O4-. The SMILES string of the molecule is CCOC(=O)[C@@](C)(C(=O)[O-])c1ccc(C)cc1. The highest BCUT2D eigenvalue weighted by Gasteiger charge is 2.38. The zero-order chi connectivity index (χ0) is 13.1. The molecular weight excluding hydrogens is 220 g/mol. The lowest BCUT2D eigenvalue weighted by Crippen LogP contribution is -2.50. The summed E-state index contributed by atoms with van der Waals surface area (Å²) >= 11 is 0. The summed E-state index contributed by atoms with van der Waals surface area (Å²) < 4.78 is 4.79. The number of hydrogen-bond donors (Lipinski definition) is 0. The average Bonchev–Trinajstić information content (AvgIpc) is 2.29. The van der Waals surface area contributed by atoms with Crippen molar-refractivity contribution >= 4 is 11.9 Å². The minimum Gasteiger partial charge on any atom is -0.549 e. The third-order valence-electron chi connectivity index (χ3n) is 2.72. The first-order chi connectivity index (χ1) is 7.92. The number of carboxylic acid groups (broad SMARTS) is 1. The fourth-order valence-corrected chi connectivity index (χ4v) is 1.48. The molecule has 0 aliphatic carbocycles. The highest BCUT2D eigenvalue weighted by molar-refractivity contribution is 6.04. The Morgan fingerprint density at radius 1 is 1.29 bits per heavy atom. The number of esters is 1. The van der Waals surface area contributed by atoms with Gasteiger partial charge in [-0.15, -0.1) is 0 Å². The first kappa shape index (κ1) is 13.2. The summed E-state index contributed by atoms with van der Waals surface area (Å²) in [7, 11) is 0. The number of hydrogen-bond acceptors (Lipinski definition) is 4. The van der Waals surface area contributed by atoms with Crippen molar-refractivity contribution in [3.05, 3.63) is 35.4 Å². The summed E-state index contributed by atoms with van der Waals surface area (Å²) in [6.07, 6.45) is 0. The van der Waals surface area contributed by atoms with Crippen LogP contribution in [0.4, 0.5) is 0 Å². The van der Waals surface area contributed by atoms with Crippen LogP contribution in [0.1, 0.15) is 25.0 Å². The van der Waals surface area contributed by atoms with Crippen LogP contribution in [0.15, 0.2) is 24.3 Å². The van der Waals surface area contributed by atoms with Gasteiger partial charge >= 0.3 is 5.97 Å². The van der Waals surface area contributed by atoms with E-state index in [1.807, 2.05) is 6.92 Å². The van der Waals surface area contributed by atoms with Crippen LogP contribution in [-0.2, 0) is 19.7 Å². The van der Waals surface area contributed by atoms with Crippen LogP contribution in [0.2, 0.25) is 0 Å². The zero-order valence-corrected chi connectivity index (χ0v) is 10.1. The standard InChI is InChI=1S/C13H16O4/c1-4-17-12(16)13(3,11(14)15)10-7-5-9(2)6-8-10/h5-8H,4H2,1-3H3,(H,14,15)/p-1/t13-/m1/s1. The normalized spacial score (nSPS) is 13.8. The van der Waals surface area contributed by atoms with Crippen molar-refractivity contribution in [3.63, 3.8) is 0 Å². The molecule has 4 heteroatoms. The summed E-state index contributed by atoms with van der Waals surface area (Å²) in [6, 6.07) is 6.69. The second kappa shape index (κ2) is 4.99. The summed E-state index contributed by atoms with van der Waals surface area (Å²) in [4.78, 5) is 23.0. The summed E-state index contributed by atoms with van der Waals surface area (Å²) in [6.45, 7) is 4.94. The second-order valence-electron chi connectivity index (χ2n) is 4.00. The van der Waals surface area contributed by atoms with Crippen molar-refractivity contribution in [3.8, 4) is 0 Å². The van der Waals surface area contributed by atoms with Crippen LogP contribution in [0.25, 0.3) is 0 Å². The number of ether oxygens (including phenoxy) is 1. The van der Waals surface area contributed by atoms with Gasteiger partial charge in [-0.05, 0) is 26.3 Å². The Morgan fingerprint density at radius 3 is 2.24 bits per heavy atom. The summed E-state index contributed by atoms with van der Waals surface area (Å²) in [5, 5.41) is 11.2. The van der Waals surface area contributed by atoms with Crippen LogP contribution in [0.3, 0.4) is 0 Å². The van der Waals surface area contributed by atoms with Crippen molar-refractivity contribution in [1.29, 1.82) is 0 Å². The molecule has 1 atom stereocenters. The second-order valence-corrected chi connectivity index (χ2v) is 4.00. The van der Waals surface area contributed by atoms with Crippen molar-refractivity contribution < 1.29 is 19.4 Å². The zero-order valence-electron chi connectivity index (χ0n) is 10.1. The monoisotopic (exact) mass is 235 g/mol. The van der Waals surface area contributed by atoms with Gasteiger partial charge in [0.2, 0.25) is 0 Å². The van der Waals surface area contributed by atoms with E-state index in [4.69, 9.17) is 4.74 Å². The molecule has 92 valence electrons. The summed E-state index contributed by atoms with van der Waals surface area (Å²) in [5.74, 6) is -2.26. The molecule has 17 heavy (non-hydrogen) atoms. The number of aliphatic carboxylic acids is 1. The number of rotatable bonds is 4. The molecule has 0 fully saturated rings. The van der Waals surface area contributed by atoms with Crippen molar-refractivity contribution in [1.82, 2.24) is 0 Å². The van der Waals surface area contributed by atoms with Gasteiger partial charge in [-0.25, -0.2) is 0 Å². The number of benzene rings is 1. The fourth-order valence-electron chi connectivity index (χ4n) is 1.48. The van der Waals surface area contributed by atoms with Crippen LogP contribution in [0.5, 0.6) is 0 Å². The molecule has 0 radical (unpaired) electrons. The molecule has 0 unspecified atom stereocenters. The van der Waals surface area contributed by atoms with Gasteiger partial charge in [0.15, 0.2) is 0 Å². The lowest BCUT2D eigenvalue weighted by Gasteiger charge is -2.28. The Kier molecular flexibility index (Phi) is 3.89. The Labute approximate surface area is 100 Å². The maximum Gasteiger partial charge on any atom is 0.322 e. The van der Waals surface area contributed by atoms with Crippen LogP contribution in [0, 0.1) is 6.92 Å². The first-order valence-corrected chi connectivity index (χ1v) is 5.38. The molecule has 0 saturated heterocycles. The van der Waals surface area contributed by atoms with E-state index in [-0.39, 0.29) is 6.61 Å². The van der Waals surface area contributed by atoms with Gasteiger partial charge < -0.3 is 14.6 Å². The van der Waals surface area contributed by atoms with E-state index in [0.717, 1.165) is 5.56 Å². The summed E-state index contributed by atoms with van der Waals surface area (Å²) in [5.41, 5.74) is -0.413. The Balaban J connectivity index is 3.20. The molecule has 1 aromatic carbocycles. The minimum atomic E-state index is -1.76. The predicted octanol–water partition coefficient (Wildman–Crippen LogP) is 0.566. The minimum absolute atomic E-state index is 0.133. The Hall–Kier alpha value is -1.84. The molecule has 0 saturated carbocycles. The molecule has 4 nitrogen and oxygen atoms in total. The van der Waals surface area contributed by atoms with Crippen LogP contribution in [-0.4, -0.2) is 18.5 Å². The average molecular weight is 235 g/mol. The maximum atomic E-state index is 11.7. The molecule has 0 N–H and O–H groups in total. The van der Waals surface area contributed by atoms with E-state index in [9.17, 15) is 14.7 Å². The van der Waals surface area contributed by atoms with Gasteiger partial charge in [0.05, 0.1) is 12.6 Å². The molecule has 0 heterocycles. The molecule has 0 spiro atoms. The third kappa shape index (κ3) is 2.46. The lowest BCUT2D eigenvalue weighted by molar-refractivity contribution is -0.312. The van der Waals surface area contributed by atoms with Gasteiger partial charge in [0, 0.05) is 0 Å². The predicted molar refractivity (Wildman–Crippen MR) is 60.2 cm³/mol. The Morgan fingerprint density at radius 2 is 1.82 bits per heavy atom. The first-order valence-electron chi connectivity index (χ1n) is 5.38. The van der Waals surface area contributed by atoms with Gasteiger partial charge in [-0.3, -0.25) is 4.79 Å². The van der Waals surface area contributed by atoms with Crippen molar-refractivity contribution in [2.75, 3.05) is 6.61 Å². The molecule has 1 rings (SSSR count). The fraction of sp³-hybridized carbons (Fsp3) is 0.385. The molecule has 0 bridgehead atoms. The lowest BCUT2D eigenvalue weighted by atomic mass is 9.82. The largest absolute Gasteiger partial charge is 0.549 e. The molecule has 0 aliphatic rings.